The molecular formula is C20H23N3O3S. The number of anilines is 1. The normalized spacial score (nSPS) is 11.6. The molecule has 2 aromatic heterocycles. The van der Waals surface area contributed by atoms with Crippen LogP contribution in [-0.4, -0.2) is 15.3 Å². The topological polar surface area (TPSA) is 72.7 Å². The van der Waals surface area contributed by atoms with Gasteiger partial charge in [-0.2, -0.15) is 0 Å². The highest BCUT2D eigenvalue weighted by atomic mass is 32.1. The van der Waals surface area contributed by atoms with Gasteiger partial charge in [0.15, 0.2) is 4.96 Å². The Bertz CT molecular complexity index is 1060. The molecule has 1 aromatic carbocycles. The molecule has 27 heavy (non-hydrogen) atoms. The molecule has 0 bridgehead atoms. The van der Waals surface area contributed by atoms with Crippen molar-refractivity contribution >= 4 is 27.9 Å². The first-order valence-corrected chi connectivity index (χ1v) is 9.49. The minimum Gasteiger partial charge on any atom is -0.485 e. The van der Waals surface area contributed by atoms with E-state index in [1.165, 1.54) is 21.8 Å². The number of fused-ring (bicyclic) bond motifs is 1. The van der Waals surface area contributed by atoms with E-state index in [0.29, 0.717) is 22.1 Å². The lowest BCUT2D eigenvalue weighted by atomic mass is 9.95. The molecule has 0 aliphatic carbocycles. The average molecular weight is 385 g/mol. The van der Waals surface area contributed by atoms with E-state index in [0.717, 1.165) is 10.4 Å². The van der Waals surface area contributed by atoms with Gasteiger partial charge in [0.2, 0.25) is 5.91 Å². The Balaban J connectivity index is 1.84. The van der Waals surface area contributed by atoms with E-state index < -0.39 is 5.41 Å². The zero-order valence-electron chi connectivity index (χ0n) is 16.1. The minimum atomic E-state index is -0.513. The Labute approximate surface area is 161 Å². The van der Waals surface area contributed by atoms with Crippen LogP contribution in [0, 0.1) is 19.3 Å². The van der Waals surface area contributed by atoms with E-state index in [1.54, 1.807) is 6.20 Å². The standard InChI is InChI=1S/C20H23N3O3S/c1-12-6-7-15(22-18(25)20(3,4)5)16(8-12)26-11-14-9-17(24)23-10-13(2)27-19(23)21-14/h6-10H,11H2,1-5H3,(H,22,25). The van der Waals surface area contributed by atoms with Gasteiger partial charge in [-0.25, -0.2) is 4.98 Å². The number of rotatable bonds is 4. The predicted molar refractivity (Wildman–Crippen MR) is 108 cm³/mol. The summed E-state index contributed by atoms with van der Waals surface area (Å²) in [5, 5.41) is 2.91. The van der Waals surface area contributed by atoms with Gasteiger partial charge in [0.1, 0.15) is 12.4 Å². The molecule has 7 heteroatoms. The molecule has 0 fully saturated rings. The number of ether oxygens (including phenoxy) is 1. The number of amides is 1. The van der Waals surface area contributed by atoms with Crippen LogP contribution in [0.25, 0.3) is 4.96 Å². The number of aryl methyl sites for hydroxylation is 2. The van der Waals surface area contributed by atoms with Gasteiger partial charge in [0.25, 0.3) is 5.56 Å². The maximum Gasteiger partial charge on any atom is 0.258 e. The van der Waals surface area contributed by atoms with E-state index >= 15 is 0 Å². The summed E-state index contributed by atoms with van der Waals surface area (Å²) in [4.78, 5) is 30.7. The first-order valence-electron chi connectivity index (χ1n) is 8.67. The highest BCUT2D eigenvalue weighted by molar-refractivity contribution is 7.16. The third-order valence-electron chi connectivity index (χ3n) is 3.98. The van der Waals surface area contributed by atoms with Gasteiger partial charge < -0.3 is 10.1 Å². The second kappa shape index (κ2) is 7.15. The van der Waals surface area contributed by atoms with E-state index in [2.05, 4.69) is 10.3 Å². The number of aromatic nitrogens is 2. The molecule has 0 atom stereocenters. The summed E-state index contributed by atoms with van der Waals surface area (Å²) >= 11 is 1.46. The molecule has 0 aliphatic heterocycles. The fourth-order valence-corrected chi connectivity index (χ4v) is 3.30. The number of thiazole rings is 1. The number of carbonyl (C=O) groups is 1. The van der Waals surface area contributed by atoms with E-state index in [4.69, 9.17) is 4.74 Å². The predicted octanol–water partition coefficient (Wildman–Crippen LogP) is 3.94. The van der Waals surface area contributed by atoms with Crippen LogP contribution >= 0.6 is 11.3 Å². The van der Waals surface area contributed by atoms with Gasteiger partial charge in [-0.15, -0.1) is 11.3 Å². The fraction of sp³-hybridized carbons (Fsp3) is 0.350. The van der Waals surface area contributed by atoms with Crippen LogP contribution < -0.4 is 15.6 Å². The second-order valence-electron chi connectivity index (χ2n) is 7.57. The van der Waals surface area contributed by atoms with E-state index in [9.17, 15) is 9.59 Å². The third-order valence-corrected chi connectivity index (χ3v) is 4.88. The lowest BCUT2D eigenvalue weighted by molar-refractivity contribution is -0.123. The van der Waals surface area contributed by atoms with Crippen molar-refractivity contribution in [2.75, 3.05) is 5.32 Å². The van der Waals surface area contributed by atoms with Crippen LogP contribution in [0.15, 0.2) is 35.3 Å². The molecule has 1 N–H and O–H groups in total. The fourth-order valence-electron chi connectivity index (χ4n) is 2.45. The first kappa shape index (κ1) is 19.1. The Morgan fingerprint density at radius 3 is 2.70 bits per heavy atom. The molecule has 0 radical (unpaired) electrons. The van der Waals surface area contributed by atoms with Gasteiger partial charge in [-0.3, -0.25) is 14.0 Å². The van der Waals surface area contributed by atoms with Crippen molar-refractivity contribution in [3.05, 3.63) is 57.0 Å². The Kier molecular flexibility index (Phi) is 5.06. The first-order chi connectivity index (χ1) is 12.6. The Morgan fingerprint density at radius 1 is 1.26 bits per heavy atom. The van der Waals surface area contributed by atoms with Gasteiger partial charge in [-0.1, -0.05) is 26.8 Å². The smallest absolute Gasteiger partial charge is 0.258 e. The number of benzene rings is 1. The van der Waals surface area contributed by atoms with Crippen molar-refractivity contribution in [3.8, 4) is 5.75 Å². The van der Waals surface area contributed by atoms with Gasteiger partial charge >= 0.3 is 0 Å². The molecule has 0 unspecified atom stereocenters. The van der Waals surface area contributed by atoms with Crippen molar-refractivity contribution in [2.45, 2.75) is 41.2 Å². The summed E-state index contributed by atoms with van der Waals surface area (Å²) in [6.07, 6.45) is 1.78. The summed E-state index contributed by atoms with van der Waals surface area (Å²) in [5.41, 5.74) is 1.52. The van der Waals surface area contributed by atoms with Crippen LogP contribution in [0.5, 0.6) is 5.75 Å². The van der Waals surface area contributed by atoms with Crippen LogP contribution in [-0.2, 0) is 11.4 Å². The second-order valence-corrected chi connectivity index (χ2v) is 8.79. The number of nitrogens with zero attached hydrogens (tertiary/aromatic N) is 2. The van der Waals surface area contributed by atoms with Crippen molar-refractivity contribution < 1.29 is 9.53 Å². The zero-order valence-corrected chi connectivity index (χ0v) is 16.9. The van der Waals surface area contributed by atoms with Crippen molar-refractivity contribution in [1.29, 1.82) is 0 Å². The summed E-state index contributed by atoms with van der Waals surface area (Å²) < 4.78 is 7.44. The largest absolute Gasteiger partial charge is 0.485 e. The SMILES string of the molecule is Cc1ccc(NC(=O)C(C)(C)C)c(OCc2cc(=O)n3cc(C)sc3n2)c1. The quantitative estimate of drug-likeness (QED) is 0.738. The lowest BCUT2D eigenvalue weighted by Crippen LogP contribution is -2.27. The van der Waals surface area contributed by atoms with Crippen molar-refractivity contribution in [1.82, 2.24) is 9.38 Å². The number of nitrogens with one attached hydrogen (secondary N) is 1. The molecule has 3 rings (SSSR count). The van der Waals surface area contributed by atoms with Gasteiger partial charge in [-0.05, 0) is 31.5 Å². The number of hydrogen-bond acceptors (Lipinski definition) is 5. The summed E-state index contributed by atoms with van der Waals surface area (Å²) in [6.45, 7) is 9.59. The lowest BCUT2D eigenvalue weighted by Gasteiger charge is -2.19. The molecule has 142 valence electrons. The molecule has 0 saturated carbocycles. The highest BCUT2D eigenvalue weighted by Gasteiger charge is 2.22. The number of carbonyl (C=O) groups excluding carboxylic acids is 1. The van der Waals surface area contributed by atoms with Gasteiger partial charge in [0.05, 0.1) is 11.4 Å². The highest BCUT2D eigenvalue weighted by Crippen LogP contribution is 2.28. The summed E-state index contributed by atoms with van der Waals surface area (Å²) in [5.74, 6) is 0.458. The van der Waals surface area contributed by atoms with E-state index in [-0.39, 0.29) is 18.1 Å². The van der Waals surface area contributed by atoms with Crippen molar-refractivity contribution in [3.63, 3.8) is 0 Å². The maximum absolute atomic E-state index is 12.3. The minimum absolute atomic E-state index is 0.0944. The van der Waals surface area contributed by atoms with Crippen LogP contribution in [0.2, 0.25) is 0 Å². The Morgan fingerprint density at radius 2 is 2.00 bits per heavy atom. The third kappa shape index (κ3) is 4.36. The zero-order chi connectivity index (χ0) is 19.8. The van der Waals surface area contributed by atoms with Crippen LogP contribution in [0.3, 0.4) is 0 Å². The average Bonchev–Trinajstić information content (AvgIpc) is 2.95. The summed E-state index contributed by atoms with van der Waals surface area (Å²) in [7, 11) is 0. The molecule has 3 aromatic rings. The number of hydrogen-bond donors (Lipinski definition) is 1. The Hall–Kier alpha value is -2.67. The van der Waals surface area contributed by atoms with Crippen LogP contribution in [0.4, 0.5) is 5.69 Å². The molecule has 0 aliphatic rings. The van der Waals surface area contributed by atoms with Gasteiger partial charge in [0, 0.05) is 22.6 Å². The van der Waals surface area contributed by atoms with Crippen LogP contribution in [0.1, 0.15) is 36.9 Å². The molecule has 0 saturated heterocycles. The molecule has 6 nitrogen and oxygen atoms in total. The summed E-state index contributed by atoms with van der Waals surface area (Å²) in [6, 6.07) is 7.07. The molecule has 1 amide bonds. The van der Waals surface area contributed by atoms with E-state index in [1.807, 2.05) is 52.8 Å². The maximum atomic E-state index is 12.3. The van der Waals surface area contributed by atoms with Crippen molar-refractivity contribution in [2.24, 2.45) is 5.41 Å². The molecule has 2 heterocycles. The molecule has 0 spiro atoms. The molecular weight excluding hydrogens is 362 g/mol. The monoisotopic (exact) mass is 385 g/mol.